The van der Waals surface area contributed by atoms with Gasteiger partial charge in [0.05, 0.1) is 11.4 Å². The number of ether oxygens (including phenoxy) is 2. The highest BCUT2D eigenvalue weighted by Crippen LogP contribution is 2.22. The van der Waals surface area contributed by atoms with Gasteiger partial charge in [-0.25, -0.2) is 4.79 Å². The topological polar surface area (TPSA) is 64.6 Å². The zero-order valence-corrected chi connectivity index (χ0v) is 14.2. The van der Waals surface area contributed by atoms with Gasteiger partial charge in [-0.15, -0.1) is 11.3 Å². The molecule has 0 aliphatic heterocycles. The third-order valence-electron chi connectivity index (χ3n) is 3.05. The van der Waals surface area contributed by atoms with Crippen LogP contribution in [0.15, 0.2) is 36.4 Å². The molecule has 7 heteroatoms. The van der Waals surface area contributed by atoms with Crippen molar-refractivity contribution in [1.29, 1.82) is 0 Å². The SMILES string of the molecule is COc1ccc(CNC(=O)[C@@H](C)OC(=O)c2ccc(Cl)s2)cc1. The Morgan fingerprint density at radius 1 is 1.22 bits per heavy atom. The smallest absolute Gasteiger partial charge is 0.349 e. The molecule has 1 atom stereocenters. The van der Waals surface area contributed by atoms with Crippen molar-refractivity contribution < 1.29 is 19.1 Å². The maximum atomic E-state index is 12.0. The standard InChI is InChI=1S/C16H16ClNO4S/c1-10(22-16(20)13-7-8-14(17)23-13)15(19)18-9-11-3-5-12(21-2)6-4-11/h3-8,10H,9H2,1-2H3,(H,18,19)/t10-/m1/s1. The van der Waals surface area contributed by atoms with Crippen molar-refractivity contribution in [3.63, 3.8) is 0 Å². The van der Waals surface area contributed by atoms with Gasteiger partial charge in [-0.05, 0) is 36.8 Å². The Hall–Kier alpha value is -2.05. The van der Waals surface area contributed by atoms with Crippen molar-refractivity contribution in [2.45, 2.75) is 19.6 Å². The second-order valence-electron chi connectivity index (χ2n) is 4.72. The molecule has 0 radical (unpaired) electrons. The molecule has 1 aromatic carbocycles. The second-order valence-corrected chi connectivity index (χ2v) is 6.43. The van der Waals surface area contributed by atoms with Crippen molar-refractivity contribution in [3.8, 4) is 5.75 Å². The number of methoxy groups -OCH3 is 1. The fourth-order valence-corrected chi connectivity index (χ4v) is 2.70. The summed E-state index contributed by atoms with van der Waals surface area (Å²) in [6, 6.07) is 10.5. The molecule has 0 unspecified atom stereocenters. The van der Waals surface area contributed by atoms with Crippen LogP contribution in [0.5, 0.6) is 5.75 Å². The van der Waals surface area contributed by atoms with E-state index in [-0.39, 0.29) is 5.91 Å². The van der Waals surface area contributed by atoms with Crippen LogP contribution in [0.4, 0.5) is 0 Å². The van der Waals surface area contributed by atoms with Crippen LogP contribution in [-0.4, -0.2) is 25.1 Å². The number of nitrogens with one attached hydrogen (secondary N) is 1. The molecule has 0 aliphatic rings. The summed E-state index contributed by atoms with van der Waals surface area (Å²) in [4.78, 5) is 24.2. The molecule has 0 fully saturated rings. The van der Waals surface area contributed by atoms with E-state index in [0.29, 0.717) is 15.8 Å². The molecule has 0 saturated carbocycles. The minimum atomic E-state index is -0.887. The maximum absolute atomic E-state index is 12.0. The molecule has 0 bridgehead atoms. The van der Waals surface area contributed by atoms with Crippen molar-refractivity contribution in [3.05, 3.63) is 51.2 Å². The van der Waals surface area contributed by atoms with Crippen LogP contribution < -0.4 is 10.1 Å². The number of carbonyl (C=O) groups excluding carboxylic acids is 2. The van der Waals surface area contributed by atoms with E-state index in [9.17, 15) is 9.59 Å². The zero-order valence-electron chi connectivity index (χ0n) is 12.7. The summed E-state index contributed by atoms with van der Waals surface area (Å²) in [6.07, 6.45) is -0.887. The highest BCUT2D eigenvalue weighted by atomic mass is 35.5. The first-order chi connectivity index (χ1) is 11.0. The predicted molar refractivity (Wildman–Crippen MR) is 89.0 cm³/mol. The number of halogens is 1. The summed E-state index contributed by atoms with van der Waals surface area (Å²) < 4.78 is 10.7. The molecule has 1 amide bonds. The van der Waals surface area contributed by atoms with Crippen molar-refractivity contribution in [2.75, 3.05) is 7.11 Å². The number of hydrogen-bond donors (Lipinski definition) is 1. The molecule has 1 N–H and O–H groups in total. The number of esters is 1. The molecule has 23 heavy (non-hydrogen) atoms. The Balaban J connectivity index is 1.83. The molecule has 5 nitrogen and oxygen atoms in total. The number of thiophene rings is 1. The van der Waals surface area contributed by atoms with Crippen LogP contribution in [-0.2, 0) is 16.1 Å². The number of amides is 1. The summed E-state index contributed by atoms with van der Waals surface area (Å²) in [5.74, 6) is -0.178. The van der Waals surface area contributed by atoms with Gasteiger partial charge in [-0.2, -0.15) is 0 Å². The average molecular weight is 354 g/mol. The summed E-state index contributed by atoms with van der Waals surface area (Å²) in [5, 5.41) is 2.72. The van der Waals surface area contributed by atoms with Crippen molar-refractivity contribution in [2.24, 2.45) is 0 Å². The lowest BCUT2D eigenvalue weighted by atomic mass is 10.2. The molecule has 1 aromatic heterocycles. The average Bonchev–Trinajstić information content (AvgIpc) is 2.99. The number of rotatable bonds is 6. The fraction of sp³-hybridized carbons (Fsp3) is 0.250. The Bertz CT molecular complexity index is 684. The van der Waals surface area contributed by atoms with Gasteiger partial charge in [0, 0.05) is 6.54 Å². The van der Waals surface area contributed by atoms with E-state index < -0.39 is 12.1 Å². The molecule has 122 valence electrons. The Morgan fingerprint density at radius 3 is 2.48 bits per heavy atom. The molecule has 2 aromatic rings. The van der Waals surface area contributed by atoms with Crippen LogP contribution in [0.2, 0.25) is 4.34 Å². The number of carbonyl (C=O) groups is 2. The molecule has 1 heterocycles. The second kappa shape index (κ2) is 7.99. The Kier molecular flexibility index (Phi) is 6.01. The van der Waals surface area contributed by atoms with E-state index in [1.807, 2.05) is 24.3 Å². The van der Waals surface area contributed by atoms with Crippen LogP contribution in [0.3, 0.4) is 0 Å². The third-order valence-corrected chi connectivity index (χ3v) is 4.26. The number of benzene rings is 1. The lowest BCUT2D eigenvalue weighted by Crippen LogP contribution is -2.35. The molecule has 0 aliphatic carbocycles. The van der Waals surface area contributed by atoms with E-state index in [4.69, 9.17) is 21.1 Å². The Morgan fingerprint density at radius 2 is 1.91 bits per heavy atom. The highest BCUT2D eigenvalue weighted by Gasteiger charge is 2.19. The van der Waals surface area contributed by atoms with Gasteiger partial charge in [0.15, 0.2) is 6.10 Å². The molecular weight excluding hydrogens is 338 g/mol. The first-order valence-corrected chi connectivity index (χ1v) is 8.06. The maximum Gasteiger partial charge on any atom is 0.349 e. The minimum Gasteiger partial charge on any atom is -0.497 e. The summed E-state index contributed by atoms with van der Waals surface area (Å²) in [5.41, 5.74) is 0.919. The Labute approximate surface area is 143 Å². The first-order valence-electron chi connectivity index (χ1n) is 6.86. The number of hydrogen-bond acceptors (Lipinski definition) is 5. The summed E-state index contributed by atoms with van der Waals surface area (Å²) in [6.45, 7) is 1.87. The van der Waals surface area contributed by atoms with E-state index >= 15 is 0 Å². The van der Waals surface area contributed by atoms with Crippen LogP contribution in [0.1, 0.15) is 22.2 Å². The van der Waals surface area contributed by atoms with Gasteiger partial charge in [0.25, 0.3) is 5.91 Å². The van der Waals surface area contributed by atoms with Crippen LogP contribution >= 0.6 is 22.9 Å². The predicted octanol–water partition coefficient (Wildman–Crippen LogP) is 3.27. The van der Waals surface area contributed by atoms with E-state index in [0.717, 1.165) is 22.6 Å². The van der Waals surface area contributed by atoms with Gasteiger partial charge in [-0.3, -0.25) is 4.79 Å². The minimum absolute atomic E-state index is 0.343. The molecule has 0 spiro atoms. The summed E-state index contributed by atoms with van der Waals surface area (Å²) in [7, 11) is 1.59. The largest absolute Gasteiger partial charge is 0.497 e. The van der Waals surface area contributed by atoms with Crippen LogP contribution in [0, 0.1) is 0 Å². The van der Waals surface area contributed by atoms with E-state index in [1.165, 1.54) is 6.92 Å². The van der Waals surface area contributed by atoms with Gasteiger partial charge < -0.3 is 14.8 Å². The van der Waals surface area contributed by atoms with Gasteiger partial charge in [0.2, 0.25) is 0 Å². The lowest BCUT2D eigenvalue weighted by molar-refractivity contribution is -0.129. The van der Waals surface area contributed by atoms with Gasteiger partial charge in [0.1, 0.15) is 10.6 Å². The molecular formula is C16H16ClNO4S. The highest BCUT2D eigenvalue weighted by molar-refractivity contribution is 7.17. The zero-order chi connectivity index (χ0) is 16.8. The van der Waals surface area contributed by atoms with Gasteiger partial charge >= 0.3 is 5.97 Å². The lowest BCUT2D eigenvalue weighted by Gasteiger charge is -2.13. The fourth-order valence-electron chi connectivity index (χ4n) is 1.77. The first kappa shape index (κ1) is 17.3. The third kappa shape index (κ3) is 4.97. The van der Waals surface area contributed by atoms with Gasteiger partial charge in [-0.1, -0.05) is 23.7 Å². The molecule has 0 saturated heterocycles. The van der Waals surface area contributed by atoms with E-state index in [2.05, 4.69) is 5.32 Å². The van der Waals surface area contributed by atoms with Crippen molar-refractivity contribution in [1.82, 2.24) is 5.32 Å². The molecule has 2 rings (SSSR count). The monoisotopic (exact) mass is 353 g/mol. The van der Waals surface area contributed by atoms with Crippen molar-refractivity contribution >= 4 is 34.8 Å². The normalized spacial score (nSPS) is 11.6. The van der Waals surface area contributed by atoms with Crippen LogP contribution in [0.25, 0.3) is 0 Å². The van der Waals surface area contributed by atoms with E-state index in [1.54, 1.807) is 19.2 Å². The quantitative estimate of drug-likeness (QED) is 0.809. The summed E-state index contributed by atoms with van der Waals surface area (Å²) >= 11 is 6.88.